The van der Waals surface area contributed by atoms with Gasteiger partial charge in [-0.2, -0.15) is 0 Å². The number of hydrogen-bond donors (Lipinski definition) is 0. The number of allylic oxidation sites excluding steroid dienone is 14. The lowest BCUT2D eigenvalue weighted by Gasteiger charge is -2.40. The van der Waals surface area contributed by atoms with E-state index in [0.717, 1.165) is 25.7 Å². The Balaban J connectivity index is 1.10. The first-order valence-corrected chi connectivity index (χ1v) is 18.6. The molecule has 0 N–H and O–H groups in total. The minimum atomic E-state index is 0.374. The van der Waals surface area contributed by atoms with Crippen LogP contribution in [0.25, 0.3) is 48.0 Å². The fourth-order valence-corrected chi connectivity index (χ4v) is 11.5. The number of aromatic nitrogens is 1. The molecule has 0 bridgehead atoms. The summed E-state index contributed by atoms with van der Waals surface area (Å²) in [4.78, 5) is 6.45. The summed E-state index contributed by atoms with van der Waals surface area (Å²) in [6.45, 7) is 0. The molecule has 5 unspecified atom stereocenters. The van der Waals surface area contributed by atoms with E-state index in [4.69, 9.17) is 4.99 Å². The number of hydrogen-bond acceptors (Lipinski definition) is 2. The van der Waals surface area contributed by atoms with E-state index in [2.05, 4.69) is 120 Å². The molecule has 6 aliphatic carbocycles. The van der Waals surface area contributed by atoms with Gasteiger partial charge in [-0.3, -0.25) is 4.99 Å². The summed E-state index contributed by atoms with van der Waals surface area (Å²) in [5.41, 5.74) is 16.0. The summed E-state index contributed by atoms with van der Waals surface area (Å²) >= 11 is 1.96. The number of nitrogens with zero attached hydrogens (tertiary/aromatic N) is 2. The molecule has 0 saturated heterocycles. The van der Waals surface area contributed by atoms with E-state index in [-0.39, 0.29) is 0 Å². The maximum Gasteiger partial charge on any atom is 0.109 e. The monoisotopic (exact) mass is 634 g/mol. The van der Waals surface area contributed by atoms with Crippen LogP contribution in [0.2, 0.25) is 0 Å². The third-order valence-corrected chi connectivity index (χ3v) is 13.6. The Morgan fingerprint density at radius 1 is 0.833 bits per heavy atom. The molecule has 2 nitrogen and oxygen atoms in total. The molecule has 1 fully saturated rings. The van der Waals surface area contributed by atoms with Crippen molar-refractivity contribution in [1.29, 1.82) is 0 Å². The molecule has 12 rings (SSSR count). The minimum Gasteiger partial charge on any atom is -0.301 e. The molecule has 2 aromatic heterocycles. The molecule has 7 aliphatic rings. The molecule has 5 aromatic rings. The first-order valence-electron chi connectivity index (χ1n) is 17.8. The van der Waals surface area contributed by atoms with Gasteiger partial charge >= 0.3 is 0 Å². The van der Waals surface area contributed by atoms with Crippen molar-refractivity contribution in [3.05, 3.63) is 148 Å². The van der Waals surface area contributed by atoms with Gasteiger partial charge < -0.3 is 4.57 Å². The smallest absolute Gasteiger partial charge is 0.109 e. The van der Waals surface area contributed by atoms with Gasteiger partial charge in [0.2, 0.25) is 0 Å². The van der Waals surface area contributed by atoms with E-state index >= 15 is 0 Å². The van der Waals surface area contributed by atoms with Crippen molar-refractivity contribution in [3.63, 3.8) is 0 Å². The molecule has 48 heavy (non-hydrogen) atoms. The average Bonchev–Trinajstić information content (AvgIpc) is 3.50. The van der Waals surface area contributed by atoms with Crippen molar-refractivity contribution in [2.45, 2.75) is 43.9 Å². The molecule has 1 saturated carbocycles. The van der Waals surface area contributed by atoms with Gasteiger partial charge in [0, 0.05) is 50.3 Å². The van der Waals surface area contributed by atoms with E-state index in [9.17, 15) is 0 Å². The summed E-state index contributed by atoms with van der Waals surface area (Å²) in [6, 6.07) is 23.4. The van der Waals surface area contributed by atoms with Crippen LogP contribution in [0.5, 0.6) is 0 Å². The molecule has 5 atom stereocenters. The Hall–Kier alpha value is -4.73. The predicted octanol–water partition coefficient (Wildman–Crippen LogP) is 11.8. The summed E-state index contributed by atoms with van der Waals surface area (Å²) in [7, 11) is 0. The lowest BCUT2D eigenvalue weighted by atomic mass is 9.65. The van der Waals surface area contributed by atoms with Crippen LogP contribution < -0.4 is 0 Å². The first-order chi connectivity index (χ1) is 23.8. The van der Waals surface area contributed by atoms with Gasteiger partial charge in [0.25, 0.3) is 0 Å². The van der Waals surface area contributed by atoms with Crippen molar-refractivity contribution in [3.8, 4) is 11.1 Å². The standard InChI is InChI=1S/C45H34N2S/c1-2-13-30-29(12-1)34-21-35(34)36-22-38-41(23-37(30)36)47(45-44(38)32-15-4-6-18-42(32)48-45)27-11-7-10-26(19-27)43-28-16-8-9-25(28)20-33-31-14-3-5-17-40(31)46-24-39(33)43/h1-6,8-9,11-13,15-19,22-24,28,31,33-35H,7,10,14,20-21H2. The van der Waals surface area contributed by atoms with Gasteiger partial charge in [-0.1, -0.05) is 84.5 Å². The molecule has 3 heteroatoms. The zero-order valence-electron chi connectivity index (χ0n) is 26.7. The SMILES string of the molecule is C1=CCC2C(=C1)N=CC1=C(C3=CC(n4c5cc6c(cc5c5c7ccccc7sc54)C4CC4c4ccccc4-6)=CCC3)C3C=CC=C3CC12. The summed E-state index contributed by atoms with van der Waals surface area (Å²) < 4.78 is 4.01. The zero-order chi connectivity index (χ0) is 31.1. The van der Waals surface area contributed by atoms with E-state index in [0.29, 0.717) is 29.6 Å². The molecule has 1 aliphatic heterocycles. The predicted molar refractivity (Wildman–Crippen MR) is 202 cm³/mol. The number of aliphatic imine (C=N–C) groups is 1. The molecule has 3 aromatic carbocycles. The highest BCUT2D eigenvalue weighted by Gasteiger charge is 2.46. The Labute approximate surface area is 284 Å². The number of rotatable bonds is 2. The Bertz CT molecular complexity index is 2570. The lowest BCUT2D eigenvalue weighted by molar-refractivity contribution is 0.406. The van der Waals surface area contributed by atoms with Crippen LogP contribution >= 0.6 is 11.3 Å². The van der Waals surface area contributed by atoms with Crippen molar-refractivity contribution < 1.29 is 0 Å². The molecule has 0 radical (unpaired) electrons. The zero-order valence-corrected chi connectivity index (χ0v) is 27.5. The second-order valence-electron chi connectivity index (χ2n) is 14.8. The van der Waals surface area contributed by atoms with Gasteiger partial charge in [0.1, 0.15) is 4.83 Å². The lowest BCUT2D eigenvalue weighted by Crippen LogP contribution is -2.31. The summed E-state index contributed by atoms with van der Waals surface area (Å²) in [5, 5.41) is 4.24. The van der Waals surface area contributed by atoms with Gasteiger partial charge in [-0.15, -0.1) is 11.3 Å². The van der Waals surface area contributed by atoms with Crippen LogP contribution in [0.15, 0.2) is 142 Å². The van der Waals surface area contributed by atoms with Crippen molar-refractivity contribution >= 4 is 54.5 Å². The van der Waals surface area contributed by atoms with Crippen molar-refractivity contribution in [2.24, 2.45) is 22.7 Å². The number of benzene rings is 3. The largest absolute Gasteiger partial charge is 0.301 e. The van der Waals surface area contributed by atoms with Gasteiger partial charge in [-0.05, 0) is 119 Å². The van der Waals surface area contributed by atoms with Crippen LogP contribution in [0.3, 0.4) is 0 Å². The highest BCUT2D eigenvalue weighted by Crippen LogP contribution is 2.63. The van der Waals surface area contributed by atoms with Crippen molar-refractivity contribution in [1.82, 2.24) is 4.57 Å². The molecule has 0 amide bonds. The van der Waals surface area contributed by atoms with Crippen molar-refractivity contribution in [2.75, 3.05) is 0 Å². The fourth-order valence-electron chi connectivity index (χ4n) is 10.3. The average molecular weight is 635 g/mol. The van der Waals surface area contributed by atoms with Crippen LogP contribution in [0, 0.1) is 17.8 Å². The van der Waals surface area contributed by atoms with Gasteiger partial charge in [-0.25, -0.2) is 0 Å². The Morgan fingerprint density at radius 2 is 1.75 bits per heavy atom. The van der Waals surface area contributed by atoms with E-state index < -0.39 is 0 Å². The first kappa shape index (κ1) is 26.3. The van der Waals surface area contributed by atoms with Gasteiger partial charge in [0.05, 0.1) is 5.52 Å². The van der Waals surface area contributed by atoms with E-state index in [1.54, 1.807) is 16.7 Å². The second-order valence-corrected chi connectivity index (χ2v) is 15.9. The maximum atomic E-state index is 5.08. The summed E-state index contributed by atoms with van der Waals surface area (Å²) in [5.74, 6) is 2.71. The molecular weight excluding hydrogens is 601 g/mol. The Kier molecular flexibility index (Phi) is 5.17. The molecule has 0 spiro atoms. The quantitative estimate of drug-likeness (QED) is 0.184. The van der Waals surface area contributed by atoms with Gasteiger partial charge in [0.15, 0.2) is 0 Å². The highest BCUT2D eigenvalue weighted by atomic mass is 32.1. The minimum absolute atomic E-state index is 0.374. The second kappa shape index (κ2) is 9.45. The molecule has 230 valence electrons. The molecular formula is C45H34N2S. The highest BCUT2D eigenvalue weighted by molar-refractivity contribution is 7.25. The summed E-state index contributed by atoms with van der Waals surface area (Å²) in [6.07, 6.45) is 26.9. The third kappa shape index (κ3) is 3.45. The van der Waals surface area contributed by atoms with E-state index in [1.807, 2.05) is 11.3 Å². The maximum absolute atomic E-state index is 5.08. The normalized spacial score (nSPS) is 27.5. The number of fused-ring (bicyclic) bond motifs is 15. The Morgan fingerprint density at radius 3 is 2.75 bits per heavy atom. The topological polar surface area (TPSA) is 17.3 Å². The molecule has 3 heterocycles. The number of thiophene rings is 1. The van der Waals surface area contributed by atoms with Crippen LogP contribution in [-0.2, 0) is 0 Å². The van der Waals surface area contributed by atoms with Crippen LogP contribution in [-0.4, -0.2) is 10.8 Å². The van der Waals surface area contributed by atoms with E-state index in [1.165, 1.54) is 76.9 Å². The van der Waals surface area contributed by atoms with Crippen LogP contribution in [0.4, 0.5) is 0 Å². The third-order valence-electron chi connectivity index (χ3n) is 12.5. The van der Waals surface area contributed by atoms with Crippen LogP contribution in [0.1, 0.15) is 55.1 Å². The fraction of sp³-hybridized carbons (Fsp3) is 0.222.